The van der Waals surface area contributed by atoms with Crippen LogP contribution >= 0.6 is 0 Å². The summed E-state index contributed by atoms with van der Waals surface area (Å²) in [4.78, 5) is 32.1. The number of rotatable bonds is 6. The average molecular weight is 381 g/mol. The van der Waals surface area contributed by atoms with E-state index < -0.39 is 5.97 Å². The maximum atomic E-state index is 12.9. The molecule has 1 aliphatic heterocycles. The van der Waals surface area contributed by atoms with E-state index in [1.807, 2.05) is 54.0 Å². The number of carbonyl (C=O) groups is 2. The zero-order valence-electron chi connectivity index (χ0n) is 16.5. The molecule has 1 amide bonds. The van der Waals surface area contributed by atoms with Crippen LogP contribution in [0.3, 0.4) is 0 Å². The molecule has 1 saturated heterocycles. The summed E-state index contributed by atoms with van der Waals surface area (Å²) in [5.74, 6) is -0.819. The van der Waals surface area contributed by atoms with Crippen LogP contribution in [0.2, 0.25) is 0 Å². The zero-order valence-corrected chi connectivity index (χ0v) is 16.5. The first-order valence-electron chi connectivity index (χ1n) is 9.75. The monoisotopic (exact) mass is 381 g/mol. The lowest BCUT2D eigenvalue weighted by atomic mass is 10.0. The van der Waals surface area contributed by atoms with Crippen LogP contribution in [-0.2, 0) is 4.79 Å². The molecule has 28 heavy (non-hydrogen) atoms. The predicted octanol–water partition coefficient (Wildman–Crippen LogP) is 3.07. The molecule has 6 nitrogen and oxygen atoms in total. The minimum absolute atomic E-state index is 0.0128. The van der Waals surface area contributed by atoms with Crippen molar-refractivity contribution in [3.05, 3.63) is 53.9 Å². The van der Waals surface area contributed by atoms with Crippen LogP contribution in [0.4, 0.5) is 0 Å². The summed E-state index contributed by atoms with van der Waals surface area (Å²) < 4.78 is 0. The number of hydrogen-bond donors (Lipinski definition) is 1. The van der Waals surface area contributed by atoms with Crippen LogP contribution in [-0.4, -0.2) is 64.0 Å². The molecule has 1 aromatic carbocycles. The SMILES string of the molecule is CCN(CC(=O)O)C1CCN(C(=O)c2cncc(-c3ccc(C)cc3)c2)CC1. The Morgan fingerprint density at radius 3 is 2.43 bits per heavy atom. The van der Waals surface area contributed by atoms with Crippen molar-refractivity contribution in [3.63, 3.8) is 0 Å². The third-order valence-corrected chi connectivity index (χ3v) is 5.38. The molecule has 0 atom stereocenters. The number of amides is 1. The number of aromatic nitrogens is 1. The van der Waals surface area contributed by atoms with Crippen LogP contribution in [0, 0.1) is 6.92 Å². The Morgan fingerprint density at radius 1 is 1.14 bits per heavy atom. The first-order valence-corrected chi connectivity index (χ1v) is 9.75. The minimum atomic E-state index is -0.806. The second-order valence-corrected chi connectivity index (χ2v) is 7.31. The van der Waals surface area contributed by atoms with E-state index in [0.29, 0.717) is 25.2 Å². The highest BCUT2D eigenvalue weighted by atomic mass is 16.4. The van der Waals surface area contributed by atoms with E-state index >= 15 is 0 Å². The van der Waals surface area contributed by atoms with Gasteiger partial charge in [0.25, 0.3) is 5.91 Å². The van der Waals surface area contributed by atoms with Crippen molar-refractivity contribution < 1.29 is 14.7 Å². The second-order valence-electron chi connectivity index (χ2n) is 7.31. The fraction of sp³-hybridized carbons (Fsp3) is 0.409. The normalized spacial score (nSPS) is 15.0. The number of aryl methyl sites for hydroxylation is 1. The largest absolute Gasteiger partial charge is 0.480 e. The molecule has 1 N–H and O–H groups in total. The second kappa shape index (κ2) is 8.97. The Labute approximate surface area is 165 Å². The Morgan fingerprint density at radius 2 is 1.82 bits per heavy atom. The topological polar surface area (TPSA) is 73.7 Å². The molecule has 1 aromatic heterocycles. The Hall–Kier alpha value is -2.73. The number of likely N-dealkylation sites (tertiary alicyclic amines) is 1. The van der Waals surface area contributed by atoms with Gasteiger partial charge in [-0.05, 0) is 37.9 Å². The van der Waals surface area contributed by atoms with Crippen LogP contribution in [0.1, 0.15) is 35.7 Å². The van der Waals surface area contributed by atoms with Gasteiger partial charge in [-0.25, -0.2) is 0 Å². The van der Waals surface area contributed by atoms with E-state index in [1.54, 1.807) is 12.4 Å². The molecule has 3 rings (SSSR count). The summed E-state index contributed by atoms with van der Waals surface area (Å²) in [5.41, 5.74) is 3.75. The third-order valence-electron chi connectivity index (χ3n) is 5.38. The Balaban J connectivity index is 1.66. The van der Waals surface area contributed by atoms with Crippen LogP contribution in [0.5, 0.6) is 0 Å². The molecule has 0 bridgehead atoms. The van der Waals surface area contributed by atoms with Crippen molar-refractivity contribution in [2.45, 2.75) is 32.7 Å². The summed E-state index contributed by atoms with van der Waals surface area (Å²) in [6.07, 6.45) is 4.98. The molecular weight excluding hydrogens is 354 g/mol. The molecule has 0 aliphatic carbocycles. The number of benzene rings is 1. The van der Waals surface area contributed by atoms with E-state index in [1.165, 1.54) is 5.56 Å². The zero-order chi connectivity index (χ0) is 20.1. The van der Waals surface area contributed by atoms with Gasteiger partial charge >= 0.3 is 5.97 Å². The average Bonchev–Trinajstić information content (AvgIpc) is 2.72. The molecule has 1 aliphatic rings. The summed E-state index contributed by atoms with van der Waals surface area (Å²) in [6.45, 7) is 6.04. The summed E-state index contributed by atoms with van der Waals surface area (Å²) in [7, 11) is 0. The van der Waals surface area contributed by atoms with Gasteiger partial charge in [-0.2, -0.15) is 0 Å². The number of hydrogen-bond acceptors (Lipinski definition) is 4. The maximum absolute atomic E-state index is 12.9. The molecule has 1 fully saturated rings. The van der Waals surface area contributed by atoms with Gasteiger partial charge < -0.3 is 10.0 Å². The first kappa shape index (κ1) is 20.0. The standard InChI is InChI=1S/C22H27N3O3/c1-3-24(15-21(26)27)20-8-10-25(11-9-20)22(28)19-12-18(13-23-14-19)17-6-4-16(2)5-7-17/h4-7,12-14,20H,3,8-11,15H2,1-2H3,(H,26,27). The lowest BCUT2D eigenvalue weighted by molar-refractivity contribution is -0.139. The highest BCUT2D eigenvalue weighted by Gasteiger charge is 2.27. The fourth-order valence-corrected chi connectivity index (χ4v) is 3.75. The Kier molecular flexibility index (Phi) is 6.41. The van der Waals surface area contributed by atoms with Crippen LogP contribution < -0.4 is 0 Å². The molecule has 148 valence electrons. The molecule has 0 radical (unpaired) electrons. The molecule has 2 aromatic rings. The van der Waals surface area contributed by atoms with Gasteiger partial charge in [-0.3, -0.25) is 19.5 Å². The van der Waals surface area contributed by atoms with Crippen molar-refractivity contribution in [1.82, 2.24) is 14.8 Å². The lowest BCUT2D eigenvalue weighted by Crippen LogP contribution is -2.48. The van der Waals surface area contributed by atoms with E-state index in [4.69, 9.17) is 5.11 Å². The fourth-order valence-electron chi connectivity index (χ4n) is 3.75. The third kappa shape index (κ3) is 4.75. The van der Waals surface area contributed by atoms with Crippen molar-refractivity contribution in [1.29, 1.82) is 0 Å². The van der Waals surface area contributed by atoms with Crippen LogP contribution in [0.25, 0.3) is 11.1 Å². The molecule has 2 heterocycles. The van der Waals surface area contributed by atoms with Gasteiger partial charge in [0.15, 0.2) is 0 Å². The van der Waals surface area contributed by atoms with Gasteiger partial charge in [-0.1, -0.05) is 36.8 Å². The van der Waals surface area contributed by atoms with Gasteiger partial charge in [0.05, 0.1) is 12.1 Å². The maximum Gasteiger partial charge on any atom is 0.317 e. The van der Waals surface area contributed by atoms with Gasteiger partial charge in [0, 0.05) is 37.1 Å². The van der Waals surface area contributed by atoms with E-state index in [0.717, 1.165) is 24.0 Å². The number of carbonyl (C=O) groups excluding carboxylic acids is 1. The number of carboxylic acids is 1. The number of carboxylic acid groups (broad SMARTS) is 1. The summed E-state index contributed by atoms with van der Waals surface area (Å²) in [6, 6.07) is 10.3. The lowest BCUT2D eigenvalue weighted by Gasteiger charge is -2.37. The Bertz CT molecular complexity index is 827. The number of piperidine rings is 1. The highest BCUT2D eigenvalue weighted by molar-refractivity contribution is 5.95. The molecule has 6 heteroatoms. The first-order chi connectivity index (χ1) is 13.5. The van der Waals surface area contributed by atoms with Gasteiger partial charge in [-0.15, -0.1) is 0 Å². The van der Waals surface area contributed by atoms with Crippen molar-refractivity contribution >= 4 is 11.9 Å². The van der Waals surface area contributed by atoms with Crippen LogP contribution in [0.15, 0.2) is 42.7 Å². The minimum Gasteiger partial charge on any atom is -0.480 e. The summed E-state index contributed by atoms with van der Waals surface area (Å²) in [5, 5.41) is 9.06. The molecule has 0 unspecified atom stereocenters. The number of likely N-dealkylation sites (N-methyl/N-ethyl adjacent to an activating group) is 1. The van der Waals surface area contributed by atoms with E-state index in [2.05, 4.69) is 4.98 Å². The van der Waals surface area contributed by atoms with Crippen molar-refractivity contribution in [3.8, 4) is 11.1 Å². The van der Waals surface area contributed by atoms with Gasteiger partial charge in [0.2, 0.25) is 0 Å². The number of aliphatic carboxylic acids is 1. The highest BCUT2D eigenvalue weighted by Crippen LogP contribution is 2.22. The molecule has 0 saturated carbocycles. The van der Waals surface area contributed by atoms with Crippen molar-refractivity contribution in [2.24, 2.45) is 0 Å². The summed E-state index contributed by atoms with van der Waals surface area (Å²) >= 11 is 0. The molecule has 0 spiro atoms. The quantitative estimate of drug-likeness (QED) is 0.832. The van der Waals surface area contributed by atoms with Gasteiger partial charge in [0.1, 0.15) is 0 Å². The predicted molar refractivity (Wildman–Crippen MR) is 108 cm³/mol. The van der Waals surface area contributed by atoms with E-state index in [9.17, 15) is 9.59 Å². The molecular formula is C22H27N3O3. The number of pyridine rings is 1. The van der Waals surface area contributed by atoms with E-state index in [-0.39, 0.29) is 18.5 Å². The number of nitrogens with zero attached hydrogens (tertiary/aromatic N) is 3. The van der Waals surface area contributed by atoms with Crippen molar-refractivity contribution in [2.75, 3.05) is 26.2 Å². The smallest absolute Gasteiger partial charge is 0.317 e.